The number of hydrogen-bond acceptors (Lipinski definition) is 3. The van der Waals surface area contributed by atoms with Gasteiger partial charge in [0.25, 0.3) is 0 Å². The van der Waals surface area contributed by atoms with Crippen LogP contribution in [0.15, 0.2) is 0 Å². The van der Waals surface area contributed by atoms with Gasteiger partial charge in [-0.1, -0.05) is 70.6 Å². The van der Waals surface area contributed by atoms with Crippen molar-refractivity contribution in [2.24, 2.45) is 0 Å². The van der Waals surface area contributed by atoms with Gasteiger partial charge in [-0.05, 0) is 19.3 Å². The summed E-state index contributed by atoms with van der Waals surface area (Å²) in [4.78, 5) is 11.0. The average molecular weight is 337 g/mol. The predicted octanol–water partition coefficient (Wildman–Crippen LogP) is 5.41. The summed E-state index contributed by atoms with van der Waals surface area (Å²) >= 11 is 0. The third kappa shape index (κ3) is 11.5. The molecular formula is C21H36O3. The minimum absolute atomic E-state index is 0.116. The number of rotatable bonds is 14. The van der Waals surface area contributed by atoms with Gasteiger partial charge in [0, 0.05) is 12.8 Å². The van der Waals surface area contributed by atoms with Gasteiger partial charge >= 0.3 is 5.97 Å². The maximum atomic E-state index is 11.0. The lowest BCUT2D eigenvalue weighted by atomic mass is 10.1. The Morgan fingerprint density at radius 3 is 2.21 bits per heavy atom. The normalized spacial score (nSPS) is 18.8. The maximum Gasteiger partial charge on any atom is 0.305 e. The number of methoxy groups -OCH3 is 1. The van der Waals surface area contributed by atoms with Gasteiger partial charge in [0.05, 0.1) is 13.2 Å². The first-order valence-corrected chi connectivity index (χ1v) is 9.98. The number of epoxide rings is 1. The smallest absolute Gasteiger partial charge is 0.305 e. The van der Waals surface area contributed by atoms with Gasteiger partial charge in [-0.3, -0.25) is 4.79 Å². The molecule has 0 aromatic heterocycles. The van der Waals surface area contributed by atoms with Crippen LogP contribution in [0.3, 0.4) is 0 Å². The van der Waals surface area contributed by atoms with E-state index in [2.05, 4.69) is 23.5 Å². The van der Waals surface area contributed by atoms with Gasteiger partial charge < -0.3 is 9.47 Å². The first-order chi connectivity index (χ1) is 11.8. The zero-order valence-corrected chi connectivity index (χ0v) is 15.8. The van der Waals surface area contributed by atoms with Gasteiger partial charge in [0.2, 0.25) is 0 Å². The standard InChI is InChI=1S/C21H36O3/c1-3-4-5-6-7-8-9-10-11-12-13-14-16-19-20(24-19)17-15-18-21(22)23-2/h19-20H,3-13,15,17-18H2,1-2H3. The van der Waals surface area contributed by atoms with Crippen molar-refractivity contribution < 1.29 is 14.3 Å². The molecule has 1 heterocycles. The Labute approximate surface area is 148 Å². The molecule has 0 amide bonds. The molecule has 0 radical (unpaired) electrons. The van der Waals surface area contributed by atoms with E-state index in [1.54, 1.807) is 0 Å². The number of carbonyl (C=O) groups excluding carboxylic acids is 1. The highest BCUT2D eigenvalue weighted by molar-refractivity contribution is 5.68. The lowest BCUT2D eigenvalue weighted by Gasteiger charge is -2.00. The Morgan fingerprint density at radius 1 is 0.958 bits per heavy atom. The van der Waals surface area contributed by atoms with Crippen molar-refractivity contribution in [3.8, 4) is 11.8 Å². The van der Waals surface area contributed by atoms with E-state index in [1.165, 1.54) is 71.3 Å². The molecular weight excluding hydrogens is 300 g/mol. The zero-order valence-electron chi connectivity index (χ0n) is 15.8. The molecule has 1 fully saturated rings. The minimum Gasteiger partial charge on any atom is -0.469 e. The molecule has 0 aromatic carbocycles. The van der Waals surface area contributed by atoms with E-state index in [0.29, 0.717) is 6.42 Å². The third-order valence-corrected chi connectivity index (χ3v) is 4.58. The van der Waals surface area contributed by atoms with E-state index < -0.39 is 0 Å². The fraction of sp³-hybridized carbons (Fsp3) is 0.857. The van der Waals surface area contributed by atoms with E-state index in [0.717, 1.165) is 19.3 Å². The molecule has 24 heavy (non-hydrogen) atoms. The molecule has 0 aromatic rings. The highest BCUT2D eigenvalue weighted by Crippen LogP contribution is 2.26. The van der Waals surface area contributed by atoms with Gasteiger partial charge in [-0.15, -0.1) is 5.92 Å². The van der Waals surface area contributed by atoms with Crippen molar-refractivity contribution in [1.29, 1.82) is 0 Å². The minimum atomic E-state index is -0.140. The fourth-order valence-electron chi connectivity index (χ4n) is 2.91. The molecule has 3 nitrogen and oxygen atoms in total. The quantitative estimate of drug-likeness (QED) is 0.184. The first-order valence-electron chi connectivity index (χ1n) is 9.98. The fourth-order valence-corrected chi connectivity index (χ4v) is 2.91. The second-order valence-electron chi connectivity index (χ2n) is 6.82. The SMILES string of the molecule is CCCCCCCCCCCCC#CC1OC1CCCC(=O)OC. The Morgan fingerprint density at radius 2 is 1.58 bits per heavy atom. The Kier molecular flexibility index (Phi) is 12.6. The van der Waals surface area contributed by atoms with Crippen LogP contribution in [-0.4, -0.2) is 25.3 Å². The largest absolute Gasteiger partial charge is 0.469 e. The maximum absolute atomic E-state index is 11.0. The molecule has 0 spiro atoms. The van der Waals surface area contributed by atoms with E-state index in [-0.39, 0.29) is 18.2 Å². The number of esters is 1. The van der Waals surface area contributed by atoms with Crippen LogP contribution >= 0.6 is 0 Å². The summed E-state index contributed by atoms with van der Waals surface area (Å²) in [6.07, 6.45) is 17.2. The lowest BCUT2D eigenvalue weighted by molar-refractivity contribution is -0.140. The topological polar surface area (TPSA) is 38.8 Å². The summed E-state index contributed by atoms with van der Waals surface area (Å²) in [6.45, 7) is 2.27. The van der Waals surface area contributed by atoms with E-state index in [9.17, 15) is 4.79 Å². The summed E-state index contributed by atoms with van der Waals surface area (Å²) in [6, 6.07) is 0. The molecule has 1 saturated heterocycles. The number of hydrogen-bond donors (Lipinski definition) is 0. The molecule has 1 aliphatic rings. The van der Waals surface area contributed by atoms with Crippen LogP contribution in [-0.2, 0) is 14.3 Å². The summed E-state index contributed by atoms with van der Waals surface area (Å²) in [5.74, 6) is 6.31. The van der Waals surface area contributed by atoms with Crippen LogP contribution in [0.2, 0.25) is 0 Å². The van der Waals surface area contributed by atoms with Crippen molar-refractivity contribution in [3.05, 3.63) is 0 Å². The molecule has 0 bridgehead atoms. The van der Waals surface area contributed by atoms with E-state index in [1.807, 2.05) is 0 Å². The van der Waals surface area contributed by atoms with E-state index in [4.69, 9.17) is 4.74 Å². The van der Waals surface area contributed by atoms with Crippen LogP contribution in [0.25, 0.3) is 0 Å². The lowest BCUT2D eigenvalue weighted by Crippen LogP contribution is -2.01. The van der Waals surface area contributed by atoms with Crippen molar-refractivity contribution in [2.45, 2.75) is 109 Å². The second-order valence-corrected chi connectivity index (χ2v) is 6.82. The third-order valence-electron chi connectivity index (χ3n) is 4.58. The summed E-state index contributed by atoms with van der Waals surface area (Å²) in [5, 5.41) is 0. The second kappa shape index (κ2) is 14.3. The van der Waals surface area contributed by atoms with Crippen molar-refractivity contribution >= 4 is 5.97 Å². The Hall–Kier alpha value is -1.01. The Balaban J connectivity index is 1.83. The van der Waals surface area contributed by atoms with Gasteiger partial charge in [-0.2, -0.15) is 0 Å². The van der Waals surface area contributed by atoms with Crippen molar-refractivity contribution in [1.82, 2.24) is 0 Å². The molecule has 1 rings (SSSR count). The molecule has 0 N–H and O–H groups in total. The predicted molar refractivity (Wildman–Crippen MR) is 98.8 cm³/mol. The summed E-state index contributed by atoms with van der Waals surface area (Å²) in [5.41, 5.74) is 0. The van der Waals surface area contributed by atoms with Gasteiger partial charge in [0.15, 0.2) is 0 Å². The van der Waals surface area contributed by atoms with Crippen LogP contribution in [0.1, 0.15) is 96.8 Å². The molecule has 1 aliphatic heterocycles. The molecule has 0 aliphatic carbocycles. The van der Waals surface area contributed by atoms with Gasteiger partial charge in [-0.25, -0.2) is 0 Å². The number of unbranched alkanes of at least 4 members (excludes halogenated alkanes) is 10. The molecule has 2 unspecified atom stereocenters. The highest BCUT2D eigenvalue weighted by atomic mass is 16.6. The Bertz CT molecular complexity index is 380. The average Bonchev–Trinajstić information content (AvgIpc) is 3.34. The summed E-state index contributed by atoms with van der Waals surface area (Å²) < 4.78 is 10.1. The van der Waals surface area contributed by atoms with Crippen LogP contribution in [0, 0.1) is 11.8 Å². The molecule has 0 saturated carbocycles. The first kappa shape index (κ1) is 21.0. The monoisotopic (exact) mass is 336 g/mol. The number of ether oxygens (including phenoxy) is 2. The number of carbonyl (C=O) groups is 1. The van der Waals surface area contributed by atoms with Crippen molar-refractivity contribution in [3.63, 3.8) is 0 Å². The van der Waals surface area contributed by atoms with Crippen molar-refractivity contribution in [2.75, 3.05) is 7.11 Å². The van der Waals surface area contributed by atoms with E-state index >= 15 is 0 Å². The molecule has 138 valence electrons. The van der Waals surface area contributed by atoms with Gasteiger partial charge in [0.1, 0.15) is 6.10 Å². The molecule has 2 atom stereocenters. The van der Waals surface area contributed by atoms with Crippen LogP contribution in [0.4, 0.5) is 0 Å². The van der Waals surface area contributed by atoms with Crippen LogP contribution < -0.4 is 0 Å². The molecule has 3 heteroatoms. The zero-order chi connectivity index (χ0) is 17.5. The van der Waals surface area contributed by atoms with Crippen LogP contribution in [0.5, 0.6) is 0 Å². The summed E-state index contributed by atoms with van der Waals surface area (Å²) in [7, 11) is 1.43. The highest BCUT2D eigenvalue weighted by Gasteiger charge is 2.36.